The first-order valence-electron chi connectivity index (χ1n) is 7.47. The molecule has 0 unspecified atom stereocenters. The third-order valence-electron chi connectivity index (χ3n) is 3.44. The van der Waals surface area contributed by atoms with Gasteiger partial charge in [0.05, 0.1) is 6.61 Å². The molecule has 0 spiro atoms. The molecule has 0 radical (unpaired) electrons. The van der Waals surface area contributed by atoms with Gasteiger partial charge in [0, 0.05) is 12.2 Å². The molecule has 1 atom stereocenters. The van der Waals surface area contributed by atoms with Crippen molar-refractivity contribution in [3.63, 3.8) is 0 Å². The maximum atomic E-state index is 12.9. The van der Waals surface area contributed by atoms with Gasteiger partial charge in [0.1, 0.15) is 11.9 Å². The first-order valence-corrected chi connectivity index (χ1v) is 7.47. The van der Waals surface area contributed by atoms with Gasteiger partial charge in [-0.3, -0.25) is 9.69 Å². The van der Waals surface area contributed by atoms with Crippen LogP contribution in [-0.2, 0) is 9.53 Å². The van der Waals surface area contributed by atoms with Crippen LogP contribution in [0.5, 0.6) is 0 Å². The Morgan fingerprint density at radius 1 is 1.36 bits per heavy atom. The van der Waals surface area contributed by atoms with E-state index in [1.54, 1.807) is 0 Å². The zero-order valence-electron chi connectivity index (χ0n) is 12.8. The molecule has 6 heteroatoms. The van der Waals surface area contributed by atoms with Gasteiger partial charge in [-0.1, -0.05) is 13.8 Å². The van der Waals surface area contributed by atoms with Crippen LogP contribution in [0.3, 0.4) is 0 Å². The number of hydrogen-bond donors (Lipinski definition) is 1. The van der Waals surface area contributed by atoms with Gasteiger partial charge >= 0.3 is 6.09 Å². The Hall–Kier alpha value is -2.11. The van der Waals surface area contributed by atoms with Crippen LogP contribution < -0.4 is 5.32 Å². The fourth-order valence-corrected chi connectivity index (χ4v) is 2.34. The monoisotopic (exact) mass is 308 g/mol. The van der Waals surface area contributed by atoms with E-state index in [9.17, 15) is 14.0 Å². The quantitative estimate of drug-likeness (QED) is 0.930. The van der Waals surface area contributed by atoms with Crippen LogP contribution in [0.25, 0.3) is 0 Å². The van der Waals surface area contributed by atoms with Crippen molar-refractivity contribution >= 4 is 17.7 Å². The number of benzene rings is 1. The smallest absolute Gasteiger partial charge is 0.410 e. The Balaban J connectivity index is 1.95. The molecule has 1 aliphatic heterocycles. The van der Waals surface area contributed by atoms with Crippen molar-refractivity contribution in [2.45, 2.75) is 32.7 Å². The van der Waals surface area contributed by atoms with Crippen molar-refractivity contribution in [3.05, 3.63) is 30.1 Å². The van der Waals surface area contributed by atoms with Gasteiger partial charge in [0.25, 0.3) is 0 Å². The van der Waals surface area contributed by atoms with E-state index in [2.05, 4.69) is 5.32 Å². The maximum Gasteiger partial charge on any atom is 0.410 e. The van der Waals surface area contributed by atoms with Crippen molar-refractivity contribution in [2.24, 2.45) is 5.92 Å². The standard InChI is InChI=1S/C16H21FN2O3/c1-11(2)10-22-16(21)19-9-3-4-14(19)15(20)18-13-7-5-12(17)6-8-13/h5-8,11,14H,3-4,9-10H2,1-2H3,(H,18,20)/t14-/m1/s1. The Morgan fingerprint density at radius 2 is 2.05 bits per heavy atom. The van der Waals surface area contributed by atoms with Crippen molar-refractivity contribution in [1.82, 2.24) is 4.90 Å². The van der Waals surface area contributed by atoms with E-state index in [1.807, 2.05) is 13.8 Å². The number of halogens is 1. The van der Waals surface area contributed by atoms with Crippen molar-refractivity contribution in [1.29, 1.82) is 0 Å². The number of carbonyl (C=O) groups is 2. The number of ether oxygens (including phenoxy) is 1. The van der Waals surface area contributed by atoms with Gasteiger partial charge in [-0.2, -0.15) is 0 Å². The molecule has 120 valence electrons. The average Bonchev–Trinajstić information content (AvgIpc) is 2.96. The maximum absolute atomic E-state index is 12.9. The highest BCUT2D eigenvalue weighted by Gasteiger charge is 2.35. The summed E-state index contributed by atoms with van der Waals surface area (Å²) in [6.07, 6.45) is 0.910. The topological polar surface area (TPSA) is 58.6 Å². The SMILES string of the molecule is CC(C)COC(=O)N1CCC[C@@H]1C(=O)Nc1ccc(F)cc1. The van der Waals surface area contributed by atoms with Gasteiger partial charge in [-0.25, -0.2) is 9.18 Å². The fourth-order valence-electron chi connectivity index (χ4n) is 2.34. The van der Waals surface area contributed by atoms with Gasteiger partial charge in [0.15, 0.2) is 0 Å². The van der Waals surface area contributed by atoms with Crippen LogP contribution in [-0.4, -0.2) is 36.1 Å². The van der Waals surface area contributed by atoms with Gasteiger partial charge in [0.2, 0.25) is 5.91 Å². The molecule has 0 aromatic heterocycles. The fraction of sp³-hybridized carbons (Fsp3) is 0.500. The summed E-state index contributed by atoms with van der Waals surface area (Å²) in [5.74, 6) is -0.388. The molecule has 1 fully saturated rings. The predicted molar refractivity (Wildman–Crippen MR) is 80.9 cm³/mol. The molecule has 1 aromatic rings. The molecule has 1 N–H and O–H groups in total. The number of hydrogen-bond acceptors (Lipinski definition) is 3. The Morgan fingerprint density at radius 3 is 2.68 bits per heavy atom. The summed E-state index contributed by atoms with van der Waals surface area (Å²) < 4.78 is 18.1. The van der Waals surface area contributed by atoms with Crippen LogP contribution in [0.1, 0.15) is 26.7 Å². The van der Waals surface area contributed by atoms with E-state index in [0.29, 0.717) is 25.3 Å². The van der Waals surface area contributed by atoms with E-state index in [4.69, 9.17) is 4.74 Å². The van der Waals surface area contributed by atoms with Crippen molar-refractivity contribution < 1.29 is 18.7 Å². The lowest BCUT2D eigenvalue weighted by molar-refractivity contribution is -0.120. The molecular formula is C16H21FN2O3. The van der Waals surface area contributed by atoms with Gasteiger partial charge in [-0.15, -0.1) is 0 Å². The van der Waals surface area contributed by atoms with Crippen LogP contribution in [0.2, 0.25) is 0 Å². The Bertz CT molecular complexity index is 531. The lowest BCUT2D eigenvalue weighted by Crippen LogP contribution is -2.43. The van der Waals surface area contributed by atoms with E-state index >= 15 is 0 Å². The molecule has 1 heterocycles. The summed E-state index contributed by atoms with van der Waals surface area (Å²) >= 11 is 0. The summed E-state index contributed by atoms with van der Waals surface area (Å²) in [7, 11) is 0. The van der Waals surface area contributed by atoms with Crippen LogP contribution in [0, 0.1) is 11.7 Å². The summed E-state index contributed by atoms with van der Waals surface area (Å²) in [4.78, 5) is 25.8. The first kappa shape index (κ1) is 16.3. The summed E-state index contributed by atoms with van der Waals surface area (Å²) in [6.45, 7) is 4.76. The van der Waals surface area contributed by atoms with E-state index in [-0.39, 0.29) is 17.6 Å². The molecule has 0 aliphatic carbocycles. The van der Waals surface area contributed by atoms with Crippen LogP contribution in [0.15, 0.2) is 24.3 Å². The largest absolute Gasteiger partial charge is 0.449 e. The van der Waals surface area contributed by atoms with Crippen LogP contribution in [0.4, 0.5) is 14.9 Å². The van der Waals surface area contributed by atoms with E-state index in [0.717, 1.165) is 6.42 Å². The number of nitrogens with one attached hydrogen (secondary N) is 1. The van der Waals surface area contributed by atoms with Gasteiger partial charge in [-0.05, 0) is 43.0 Å². The Kier molecular flexibility index (Phi) is 5.35. The number of amides is 2. The highest BCUT2D eigenvalue weighted by molar-refractivity contribution is 5.96. The van der Waals surface area contributed by atoms with Crippen LogP contribution >= 0.6 is 0 Å². The summed E-state index contributed by atoms with van der Waals surface area (Å²) in [5.41, 5.74) is 0.508. The number of nitrogens with zero attached hydrogens (tertiary/aromatic N) is 1. The second kappa shape index (κ2) is 7.24. The molecule has 5 nitrogen and oxygen atoms in total. The summed E-state index contributed by atoms with van der Waals surface area (Å²) in [6, 6.07) is 5.00. The second-order valence-electron chi connectivity index (χ2n) is 5.82. The predicted octanol–water partition coefficient (Wildman–Crippen LogP) is 3.02. The van der Waals surface area contributed by atoms with E-state index in [1.165, 1.54) is 29.2 Å². The number of rotatable bonds is 4. The first-order chi connectivity index (χ1) is 10.5. The number of carbonyl (C=O) groups excluding carboxylic acids is 2. The average molecular weight is 308 g/mol. The zero-order chi connectivity index (χ0) is 16.1. The lowest BCUT2D eigenvalue weighted by atomic mass is 10.2. The summed E-state index contributed by atoms with van der Waals surface area (Å²) in [5, 5.41) is 2.71. The molecule has 2 amide bonds. The minimum absolute atomic E-state index is 0.248. The molecule has 0 saturated carbocycles. The molecule has 2 rings (SSSR count). The van der Waals surface area contributed by atoms with Gasteiger partial charge < -0.3 is 10.1 Å². The molecule has 1 aromatic carbocycles. The molecule has 0 bridgehead atoms. The molecule has 1 saturated heterocycles. The highest BCUT2D eigenvalue weighted by Crippen LogP contribution is 2.20. The molecular weight excluding hydrogens is 287 g/mol. The second-order valence-corrected chi connectivity index (χ2v) is 5.82. The number of likely N-dealkylation sites (tertiary alicyclic amines) is 1. The lowest BCUT2D eigenvalue weighted by Gasteiger charge is -2.23. The third kappa shape index (κ3) is 4.19. The minimum Gasteiger partial charge on any atom is -0.449 e. The molecule has 22 heavy (non-hydrogen) atoms. The minimum atomic E-state index is -0.537. The Labute approximate surface area is 129 Å². The van der Waals surface area contributed by atoms with E-state index < -0.39 is 12.1 Å². The number of anilines is 1. The zero-order valence-corrected chi connectivity index (χ0v) is 12.8. The highest BCUT2D eigenvalue weighted by atomic mass is 19.1. The normalized spacial score (nSPS) is 17.6. The van der Waals surface area contributed by atoms with Crippen molar-refractivity contribution in [3.8, 4) is 0 Å². The molecule has 1 aliphatic rings. The van der Waals surface area contributed by atoms with Crippen molar-refractivity contribution in [2.75, 3.05) is 18.5 Å². The third-order valence-corrected chi connectivity index (χ3v) is 3.44.